The van der Waals surface area contributed by atoms with Gasteiger partial charge in [-0.1, -0.05) is 26.0 Å². The molecule has 0 aliphatic heterocycles. The lowest BCUT2D eigenvalue weighted by Gasteiger charge is -2.21. The van der Waals surface area contributed by atoms with Gasteiger partial charge in [0.15, 0.2) is 0 Å². The number of benzene rings is 2. The first kappa shape index (κ1) is 23.1. The summed E-state index contributed by atoms with van der Waals surface area (Å²) in [5.74, 6) is 0.366. The van der Waals surface area contributed by atoms with E-state index >= 15 is 0 Å². The van der Waals surface area contributed by atoms with Gasteiger partial charge >= 0.3 is 6.36 Å². The fraction of sp³-hybridized carbons (Fsp3) is 0.273. The van der Waals surface area contributed by atoms with Crippen LogP contribution in [0.15, 0.2) is 54.6 Å². The monoisotopic (exact) mass is 448 g/mol. The van der Waals surface area contributed by atoms with Crippen LogP contribution in [0.4, 0.5) is 30.6 Å². The largest absolute Gasteiger partial charge is 0.573 e. The van der Waals surface area contributed by atoms with Crippen molar-refractivity contribution in [3.05, 3.63) is 54.6 Å². The molecule has 0 saturated carbocycles. The van der Waals surface area contributed by atoms with Crippen LogP contribution in [0.25, 0.3) is 11.3 Å². The number of halogens is 3. The molecule has 0 amide bonds. The Morgan fingerprint density at radius 2 is 1.75 bits per heavy atom. The maximum atomic E-state index is 12.6. The molecule has 1 atom stereocenters. The van der Waals surface area contributed by atoms with E-state index in [2.05, 4.69) is 25.3 Å². The number of phenols is 1. The lowest BCUT2D eigenvalue weighted by molar-refractivity contribution is -0.274. The molecule has 10 heteroatoms. The third-order valence-corrected chi connectivity index (χ3v) is 4.55. The van der Waals surface area contributed by atoms with Crippen LogP contribution in [0.3, 0.4) is 0 Å². The molecule has 7 nitrogen and oxygen atoms in total. The van der Waals surface area contributed by atoms with Crippen molar-refractivity contribution in [2.45, 2.75) is 26.3 Å². The van der Waals surface area contributed by atoms with Crippen LogP contribution >= 0.6 is 0 Å². The maximum absolute atomic E-state index is 12.6. The van der Waals surface area contributed by atoms with E-state index in [1.807, 2.05) is 13.8 Å². The Hall–Kier alpha value is -3.53. The number of aliphatic hydroxyl groups is 1. The minimum absolute atomic E-state index is 0.0734. The molecule has 0 aliphatic carbocycles. The number of anilines is 3. The number of hydrogen-bond donors (Lipinski definition) is 4. The van der Waals surface area contributed by atoms with Crippen LogP contribution in [0.5, 0.6) is 11.5 Å². The Labute approximate surface area is 182 Å². The van der Waals surface area contributed by atoms with Gasteiger partial charge in [0, 0.05) is 17.3 Å². The third kappa shape index (κ3) is 6.48. The fourth-order valence-electron chi connectivity index (χ4n) is 2.86. The summed E-state index contributed by atoms with van der Waals surface area (Å²) in [6, 6.07) is 13.0. The Bertz CT molecular complexity index is 1040. The van der Waals surface area contributed by atoms with Crippen LogP contribution in [-0.4, -0.2) is 39.2 Å². The second-order valence-electron chi connectivity index (χ2n) is 7.39. The van der Waals surface area contributed by atoms with Gasteiger partial charge in [-0.05, 0) is 42.3 Å². The molecule has 170 valence electrons. The maximum Gasteiger partial charge on any atom is 0.573 e. The van der Waals surface area contributed by atoms with Gasteiger partial charge in [0.05, 0.1) is 18.3 Å². The predicted molar refractivity (Wildman–Crippen MR) is 115 cm³/mol. The summed E-state index contributed by atoms with van der Waals surface area (Å²) in [5.41, 5.74) is 1.36. The summed E-state index contributed by atoms with van der Waals surface area (Å²) in [7, 11) is 0. The van der Waals surface area contributed by atoms with Gasteiger partial charge in [-0.3, -0.25) is 0 Å². The summed E-state index contributed by atoms with van der Waals surface area (Å²) in [6.07, 6.45) is -4.81. The van der Waals surface area contributed by atoms with Crippen LogP contribution in [0, 0.1) is 5.92 Å². The smallest absolute Gasteiger partial charge is 0.508 e. The van der Waals surface area contributed by atoms with Crippen molar-refractivity contribution < 1.29 is 28.1 Å². The Morgan fingerprint density at radius 1 is 1.03 bits per heavy atom. The van der Waals surface area contributed by atoms with E-state index in [9.17, 15) is 23.4 Å². The van der Waals surface area contributed by atoms with Crippen molar-refractivity contribution in [2.24, 2.45) is 5.92 Å². The van der Waals surface area contributed by atoms with Gasteiger partial charge in [-0.2, -0.15) is 4.98 Å². The number of hydrogen-bond acceptors (Lipinski definition) is 7. The van der Waals surface area contributed by atoms with Crippen molar-refractivity contribution in [2.75, 3.05) is 17.2 Å². The zero-order valence-corrected chi connectivity index (χ0v) is 17.4. The van der Waals surface area contributed by atoms with Gasteiger partial charge < -0.3 is 25.6 Å². The fourth-order valence-corrected chi connectivity index (χ4v) is 2.86. The number of nitrogens with zero attached hydrogens (tertiary/aromatic N) is 2. The summed E-state index contributed by atoms with van der Waals surface area (Å²) < 4.78 is 41.9. The Morgan fingerprint density at radius 3 is 2.38 bits per heavy atom. The average molecular weight is 448 g/mol. The van der Waals surface area contributed by atoms with E-state index in [0.29, 0.717) is 22.8 Å². The zero-order valence-electron chi connectivity index (χ0n) is 17.4. The summed E-state index contributed by atoms with van der Waals surface area (Å²) >= 11 is 0. The van der Waals surface area contributed by atoms with Crippen LogP contribution in [0.2, 0.25) is 0 Å². The van der Waals surface area contributed by atoms with Crippen molar-refractivity contribution in [3.8, 4) is 22.8 Å². The highest BCUT2D eigenvalue weighted by Gasteiger charge is 2.31. The number of aliphatic hydroxyl groups excluding tert-OH is 1. The second-order valence-corrected chi connectivity index (χ2v) is 7.39. The van der Waals surface area contributed by atoms with Gasteiger partial charge in [0.1, 0.15) is 17.3 Å². The van der Waals surface area contributed by atoms with Gasteiger partial charge in [-0.15, -0.1) is 13.2 Å². The molecule has 1 aromatic heterocycles. The first-order valence-corrected chi connectivity index (χ1v) is 9.81. The lowest BCUT2D eigenvalue weighted by Crippen LogP contribution is -2.30. The number of ether oxygens (including phenoxy) is 1. The summed E-state index contributed by atoms with van der Waals surface area (Å²) in [5, 5.41) is 25.2. The topological polar surface area (TPSA) is 99.5 Å². The normalized spacial score (nSPS) is 12.5. The van der Waals surface area contributed by atoms with Crippen LogP contribution in [0.1, 0.15) is 13.8 Å². The molecule has 0 saturated heterocycles. The lowest BCUT2D eigenvalue weighted by atomic mass is 10.1. The number of aromatic hydroxyl groups is 1. The SMILES string of the molecule is CC(C)[C@H](CO)Nc1nc(Nc2ccc(O)cc2)cc(-c2cccc(OC(F)(F)F)c2)n1. The molecule has 4 N–H and O–H groups in total. The van der Waals surface area contributed by atoms with Crippen molar-refractivity contribution in [1.29, 1.82) is 0 Å². The van der Waals surface area contributed by atoms with E-state index in [-0.39, 0.29) is 36.0 Å². The molecule has 1 heterocycles. The molecular formula is C22H23F3N4O3. The molecule has 0 aliphatic rings. The summed E-state index contributed by atoms with van der Waals surface area (Å²) in [6.45, 7) is 3.69. The van der Waals surface area contributed by atoms with E-state index in [4.69, 9.17) is 0 Å². The molecule has 0 radical (unpaired) electrons. The number of alkyl halides is 3. The average Bonchev–Trinajstić information content (AvgIpc) is 2.72. The minimum Gasteiger partial charge on any atom is -0.508 e. The molecule has 3 rings (SSSR count). The van der Waals surface area contributed by atoms with Gasteiger partial charge in [0.2, 0.25) is 5.95 Å². The number of nitrogens with one attached hydrogen (secondary N) is 2. The predicted octanol–water partition coefficient (Wildman–Crippen LogP) is 4.92. The van der Waals surface area contributed by atoms with Crippen molar-refractivity contribution >= 4 is 17.5 Å². The minimum atomic E-state index is -4.81. The second kappa shape index (κ2) is 9.73. The molecule has 2 aromatic carbocycles. The standard InChI is InChI=1S/C22H23F3N4O3/c1-13(2)19(12-30)28-21-27-18(14-4-3-5-17(10-14)32-22(23,24)25)11-20(29-21)26-15-6-8-16(31)9-7-15/h3-11,13,19,30-31H,12H2,1-2H3,(H2,26,27,28,29)/t19-/m0/s1. The number of phenolic OH excluding ortho intramolecular Hbond substituents is 1. The molecule has 32 heavy (non-hydrogen) atoms. The highest BCUT2D eigenvalue weighted by molar-refractivity contribution is 5.68. The molecule has 0 spiro atoms. The van der Waals surface area contributed by atoms with Crippen LogP contribution < -0.4 is 15.4 Å². The quantitative estimate of drug-likeness (QED) is 0.363. The third-order valence-electron chi connectivity index (χ3n) is 4.55. The molecule has 0 fully saturated rings. The van der Waals surface area contributed by atoms with E-state index < -0.39 is 6.36 Å². The molecule has 3 aromatic rings. The Kier molecular flexibility index (Phi) is 7.04. The highest BCUT2D eigenvalue weighted by atomic mass is 19.4. The molecular weight excluding hydrogens is 425 g/mol. The molecule has 0 unspecified atom stereocenters. The molecule has 0 bridgehead atoms. The van der Waals surface area contributed by atoms with Crippen molar-refractivity contribution in [1.82, 2.24) is 9.97 Å². The van der Waals surface area contributed by atoms with Crippen LogP contribution in [-0.2, 0) is 0 Å². The van der Waals surface area contributed by atoms with Gasteiger partial charge in [-0.25, -0.2) is 4.98 Å². The first-order chi connectivity index (χ1) is 15.1. The number of aromatic nitrogens is 2. The first-order valence-electron chi connectivity index (χ1n) is 9.81. The Balaban J connectivity index is 1.99. The number of rotatable bonds is 8. The van der Waals surface area contributed by atoms with E-state index in [0.717, 1.165) is 0 Å². The van der Waals surface area contributed by atoms with E-state index in [1.165, 1.54) is 30.3 Å². The van der Waals surface area contributed by atoms with Gasteiger partial charge in [0.25, 0.3) is 0 Å². The highest BCUT2D eigenvalue weighted by Crippen LogP contribution is 2.29. The summed E-state index contributed by atoms with van der Waals surface area (Å²) in [4.78, 5) is 8.83. The van der Waals surface area contributed by atoms with E-state index in [1.54, 1.807) is 24.3 Å². The zero-order chi connectivity index (χ0) is 23.3. The van der Waals surface area contributed by atoms with Crippen molar-refractivity contribution in [3.63, 3.8) is 0 Å².